The highest BCUT2D eigenvalue weighted by molar-refractivity contribution is 7.80. The van der Waals surface area contributed by atoms with Crippen LogP contribution < -0.4 is 5.32 Å². The van der Waals surface area contributed by atoms with E-state index in [1.165, 1.54) is 6.92 Å². The molecular weight excluding hydrogens is 262 g/mol. The van der Waals surface area contributed by atoms with Gasteiger partial charge in [0, 0.05) is 38.2 Å². The summed E-state index contributed by atoms with van der Waals surface area (Å²) in [4.78, 5) is 29.0. The lowest BCUT2D eigenvalue weighted by molar-refractivity contribution is -0.135. The van der Waals surface area contributed by atoms with E-state index in [0.717, 1.165) is 5.56 Å². The fourth-order valence-electron chi connectivity index (χ4n) is 1.71. The number of likely N-dealkylation sites (N-methyl/N-ethyl adjacent to an activating group) is 1. The maximum Gasteiger partial charge on any atom is 0.246 e. The molecule has 0 aliphatic carbocycles. The molecule has 5 nitrogen and oxygen atoms in total. The van der Waals surface area contributed by atoms with Crippen LogP contribution in [0.25, 0.3) is 0 Å². The fourth-order valence-corrected chi connectivity index (χ4v) is 1.95. The van der Waals surface area contributed by atoms with Crippen molar-refractivity contribution in [1.29, 1.82) is 0 Å². The summed E-state index contributed by atoms with van der Waals surface area (Å²) in [7, 11) is 0. The van der Waals surface area contributed by atoms with E-state index in [9.17, 15) is 9.59 Å². The van der Waals surface area contributed by atoms with E-state index in [1.807, 2.05) is 19.1 Å². The minimum Gasteiger partial charge on any atom is -0.344 e. The van der Waals surface area contributed by atoms with Gasteiger partial charge in [-0.15, -0.1) is 0 Å². The number of hydrogen-bond acceptors (Lipinski definition) is 4. The van der Waals surface area contributed by atoms with Gasteiger partial charge >= 0.3 is 0 Å². The molecule has 1 aromatic rings. The third-order valence-electron chi connectivity index (χ3n) is 2.67. The number of hydrogen-bond donors (Lipinski definition) is 2. The van der Waals surface area contributed by atoms with Crippen LogP contribution in [0.2, 0.25) is 0 Å². The normalized spacial score (nSPS) is 11.7. The molecule has 0 saturated carbocycles. The zero-order chi connectivity index (χ0) is 14.3. The summed E-state index contributed by atoms with van der Waals surface area (Å²) in [6.07, 6.45) is 3.38. The number of nitrogens with one attached hydrogen (secondary N) is 1. The SMILES string of the molecule is CCN(Cc1ccncc1)C(=O)C(CS)NC(C)=O. The molecule has 0 aliphatic heterocycles. The molecule has 1 heterocycles. The molecule has 0 bridgehead atoms. The number of carbonyl (C=O) groups excluding carboxylic acids is 2. The summed E-state index contributed by atoms with van der Waals surface area (Å²) in [5.41, 5.74) is 1.01. The molecule has 6 heteroatoms. The van der Waals surface area contributed by atoms with Gasteiger partial charge in [-0.05, 0) is 24.6 Å². The van der Waals surface area contributed by atoms with Crippen LogP contribution in [0.3, 0.4) is 0 Å². The number of pyridine rings is 1. The molecule has 0 saturated heterocycles. The van der Waals surface area contributed by atoms with E-state index in [2.05, 4.69) is 22.9 Å². The summed E-state index contributed by atoms with van der Waals surface area (Å²) < 4.78 is 0. The average Bonchev–Trinajstić information content (AvgIpc) is 2.42. The van der Waals surface area contributed by atoms with Gasteiger partial charge in [0.15, 0.2) is 0 Å². The van der Waals surface area contributed by atoms with Crippen molar-refractivity contribution in [1.82, 2.24) is 15.2 Å². The standard InChI is InChI=1S/C13H19N3O2S/c1-3-16(8-11-4-6-14-7-5-11)13(18)12(9-19)15-10(2)17/h4-7,12,19H,3,8-9H2,1-2H3,(H,15,17). The van der Waals surface area contributed by atoms with Crippen molar-refractivity contribution in [2.45, 2.75) is 26.4 Å². The van der Waals surface area contributed by atoms with E-state index in [1.54, 1.807) is 17.3 Å². The zero-order valence-corrected chi connectivity index (χ0v) is 12.1. The van der Waals surface area contributed by atoms with E-state index < -0.39 is 6.04 Å². The van der Waals surface area contributed by atoms with Crippen LogP contribution >= 0.6 is 12.6 Å². The second-order valence-electron chi connectivity index (χ2n) is 4.14. The minimum atomic E-state index is -0.581. The number of amides is 2. The van der Waals surface area contributed by atoms with Crippen LogP contribution in [0, 0.1) is 0 Å². The van der Waals surface area contributed by atoms with Crippen molar-refractivity contribution in [3.8, 4) is 0 Å². The Bertz CT molecular complexity index is 425. The van der Waals surface area contributed by atoms with Crippen LogP contribution in [-0.2, 0) is 16.1 Å². The molecule has 104 valence electrons. The Morgan fingerprint density at radius 1 is 1.42 bits per heavy atom. The van der Waals surface area contributed by atoms with Crippen molar-refractivity contribution < 1.29 is 9.59 Å². The highest BCUT2D eigenvalue weighted by Crippen LogP contribution is 2.06. The summed E-state index contributed by atoms with van der Waals surface area (Å²) >= 11 is 4.12. The topological polar surface area (TPSA) is 62.3 Å². The van der Waals surface area contributed by atoms with Gasteiger partial charge in [0.2, 0.25) is 11.8 Å². The largest absolute Gasteiger partial charge is 0.344 e. The Kier molecular flexibility index (Phi) is 6.35. The fraction of sp³-hybridized carbons (Fsp3) is 0.462. The van der Waals surface area contributed by atoms with Crippen molar-refractivity contribution in [2.75, 3.05) is 12.3 Å². The molecule has 1 atom stereocenters. The maximum atomic E-state index is 12.3. The quantitative estimate of drug-likeness (QED) is 0.760. The molecular formula is C13H19N3O2S. The number of aromatic nitrogens is 1. The molecule has 1 aromatic heterocycles. The van der Waals surface area contributed by atoms with E-state index in [4.69, 9.17) is 0 Å². The Hall–Kier alpha value is -1.56. The third-order valence-corrected chi connectivity index (χ3v) is 3.04. The first-order chi connectivity index (χ1) is 9.08. The first-order valence-corrected chi connectivity index (χ1v) is 6.77. The van der Waals surface area contributed by atoms with Gasteiger partial charge in [-0.1, -0.05) is 0 Å². The van der Waals surface area contributed by atoms with Crippen LogP contribution in [0.5, 0.6) is 0 Å². The molecule has 0 aromatic carbocycles. The van der Waals surface area contributed by atoms with Crippen molar-refractivity contribution >= 4 is 24.4 Å². The molecule has 0 spiro atoms. The van der Waals surface area contributed by atoms with Gasteiger partial charge in [-0.25, -0.2) is 0 Å². The lowest BCUT2D eigenvalue weighted by atomic mass is 10.2. The predicted octanol–water partition coefficient (Wildman–Crippen LogP) is 0.865. The molecule has 0 radical (unpaired) electrons. The van der Waals surface area contributed by atoms with Crippen LogP contribution in [-0.4, -0.2) is 40.0 Å². The first-order valence-electron chi connectivity index (χ1n) is 6.14. The van der Waals surface area contributed by atoms with Crippen molar-refractivity contribution in [2.24, 2.45) is 0 Å². The number of carbonyl (C=O) groups is 2. The average molecular weight is 281 g/mol. The zero-order valence-electron chi connectivity index (χ0n) is 11.2. The highest BCUT2D eigenvalue weighted by atomic mass is 32.1. The lowest BCUT2D eigenvalue weighted by Gasteiger charge is -2.25. The molecule has 1 unspecified atom stereocenters. The summed E-state index contributed by atoms with van der Waals surface area (Å²) in [6, 6.07) is 3.15. The smallest absolute Gasteiger partial charge is 0.246 e. The monoisotopic (exact) mass is 281 g/mol. The predicted molar refractivity (Wildman–Crippen MR) is 76.8 cm³/mol. The van der Waals surface area contributed by atoms with Gasteiger partial charge in [0.05, 0.1) is 0 Å². The Morgan fingerprint density at radius 2 is 2.05 bits per heavy atom. The summed E-state index contributed by atoms with van der Waals surface area (Å²) in [5, 5.41) is 2.61. The van der Waals surface area contributed by atoms with E-state index >= 15 is 0 Å². The number of rotatable bonds is 6. The molecule has 1 N–H and O–H groups in total. The molecule has 0 fully saturated rings. The van der Waals surface area contributed by atoms with Gasteiger partial charge in [-0.2, -0.15) is 12.6 Å². The van der Waals surface area contributed by atoms with Gasteiger partial charge in [0.1, 0.15) is 6.04 Å². The lowest BCUT2D eigenvalue weighted by Crippen LogP contribution is -2.48. The summed E-state index contributed by atoms with van der Waals surface area (Å²) in [5.74, 6) is -0.0671. The first kappa shape index (κ1) is 15.5. The second kappa shape index (κ2) is 7.78. The van der Waals surface area contributed by atoms with Gasteiger partial charge in [-0.3, -0.25) is 14.6 Å². The van der Waals surface area contributed by atoms with Crippen LogP contribution in [0.15, 0.2) is 24.5 Å². The van der Waals surface area contributed by atoms with Gasteiger partial charge in [0.25, 0.3) is 0 Å². The van der Waals surface area contributed by atoms with Crippen LogP contribution in [0.4, 0.5) is 0 Å². The Morgan fingerprint density at radius 3 is 2.53 bits per heavy atom. The maximum absolute atomic E-state index is 12.3. The van der Waals surface area contributed by atoms with Crippen molar-refractivity contribution in [3.63, 3.8) is 0 Å². The molecule has 19 heavy (non-hydrogen) atoms. The molecule has 1 rings (SSSR count). The highest BCUT2D eigenvalue weighted by Gasteiger charge is 2.22. The van der Waals surface area contributed by atoms with E-state index in [0.29, 0.717) is 13.1 Å². The minimum absolute atomic E-state index is 0.121. The van der Waals surface area contributed by atoms with Crippen LogP contribution in [0.1, 0.15) is 19.4 Å². The number of nitrogens with zero attached hydrogens (tertiary/aromatic N) is 2. The number of thiol groups is 1. The van der Waals surface area contributed by atoms with Gasteiger partial charge < -0.3 is 10.2 Å². The Labute approximate surface area is 118 Å². The summed E-state index contributed by atoms with van der Waals surface area (Å²) in [6.45, 7) is 4.37. The molecule has 2 amide bonds. The van der Waals surface area contributed by atoms with E-state index in [-0.39, 0.29) is 17.6 Å². The molecule has 0 aliphatic rings. The Balaban J connectivity index is 2.72. The van der Waals surface area contributed by atoms with Crippen molar-refractivity contribution in [3.05, 3.63) is 30.1 Å². The second-order valence-corrected chi connectivity index (χ2v) is 4.51. The third kappa shape index (κ3) is 4.90.